The maximum absolute atomic E-state index is 10.3. The molecule has 0 fully saturated rings. The predicted molar refractivity (Wildman–Crippen MR) is 42.4 cm³/mol. The number of aromatic nitrogens is 2. The SMILES string of the molecule is O=C(O)NN1Cc2cncnc2C1. The van der Waals surface area contributed by atoms with Crippen LogP contribution in [0.4, 0.5) is 4.79 Å². The van der Waals surface area contributed by atoms with Crippen LogP contribution < -0.4 is 5.43 Å². The van der Waals surface area contributed by atoms with Gasteiger partial charge in [0.1, 0.15) is 6.33 Å². The highest BCUT2D eigenvalue weighted by Crippen LogP contribution is 2.16. The fourth-order valence-corrected chi connectivity index (χ4v) is 1.31. The molecule has 1 aliphatic rings. The first kappa shape index (κ1) is 7.93. The molecule has 0 saturated carbocycles. The molecule has 6 heteroatoms. The van der Waals surface area contributed by atoms with Gasteiger partial charge in [0.15, 0.2) is 0 Å². The minimum atomic E-state index is -1.05. The minimum absolute atomic E-state index is 0.504. The normalized spacial score (nSPS) is 15.4. The van der Waals surface area contributed by atoms with Gasteiger partial charge in [-0.15, -0.1) is 0 Å². The summed E-state index contributed by atoms with van der Waals surface area (Å²) < 4.78 is 0. The predicted octanol–water partition coefficient (Wildman–Crippen LogP) is -0.0252. The number of fused-ring (bicyclic) bond motifs is 1. The maximum atomic E-state index is 10.3. The number of carboxylic acid groups (broad SMARTS) is 1. The number of nitrogens with one attached hydrogen (secondary N) is 1. The second-order valence-electron chi connectivity index (χ2n) is 2.77. The summed E-state index contributed by atoms with van der Waals surface area (Å²) in [5.41, 5.74) is 4.12. The number of nitrogens with zero attached hydrogens (tertiary/aromatic N) is 3. The van der Waals surface area contributed by atoms with Crippen LogP contribution in [0.1, 0.15) is 11.3 Å². The smallest absolute Gasteiger partial charge is 0.419 e. The molecular weight excluding hydrogens is 172 g/mol. The molecule has 0 aromatic carbocycles. The van der Waals surface area contributed by atoms with E-state index in [-0.39, 0.29) is 0 Å². The molecule has 2 heterocycles. The van der Waals surface area contributed by atoms with Crippen molar-refractivity contribution < 1.29 is 9.90 Å². The Balaban J connectivity index is 2.09. The van der Waals surface area contributed by atoms with Crippen molar-refractivity contribution in [1.82, 2.24) is 20.4 Å². The summed E-state index contributed by atoms with van der Waals surface area (Å²) in [5, 5.41) is 10.0. The van der Waals surface area contributed by atoms with Crippen molar-refractivity contribution in [2.75, 3.05) is 0 Å². The lowest BCUT2D eigenvalue weighted by atomic mass is 10.3. The Labute approximate surface area is 74.2 Å². The Morgan fingerprint density at radius 2 is 2.46 bits per heavy atom. The highest BCUT2D eigenvalue weighted by atomic mass is 16.4. The molecule has 1 amide bonds. The largest absolute Gasteiger partial charge is 0.464 e. The summed E-state index contributed by atoms with van der Waals surface area (Å²) in [6.45, 7) is 1.03. The molecule has 0 spiro atoms. The Bertz CT molecular complexity index is 316. The molecule has 2 N–H and O–H groups in total. The first-order chi connectivity index (χ1) is 6.25. The number of hydrogen-bond acceptors (Lipinski definition) is 4. The Kier molecular flexibility index (Phi) is 1.82. The van der Waals surface area contributed by atoms with E-state index in [1.165, 1.54) is 6.33 Å². The van der Waals surface area contributed by atoms with Crippen LogP contribution in [0, 0.1) is 0 Å². The maximum Gasteiger partial charge on any atom is 0.419 e. The monoisotopic (exact) mass is 180 g/mol. The van der Waals surface area contributed by atoms with Crippen molar-refractivity contribution in [2.24, 2.45) is 0 Å². The zero-order valence-electron chi connectivity index (χ0n) is 6.77. The third-order valence-corrected chi connectivity index (χ3v) is 1.84. The lowest BCUT2D eigenvalue weighted by molar-refractivity contribution is 0.138. The molecule has 0 unspecified atom stereocenters. The van der Waals surface area contributed by atoms with Crippen molar-refractivity contribution in [1.29, 1.82) is 0 Å². The average Bonchev–Trinajstić information content (AvgIpc) is 2.44. The summed E-state index contributed by atoms with van der Waals surface area (Å²) in [4.78, 5) is 18.2. The zero-order chi connectivity index (χ0) is 9.26. The van der Waals surface area contributed by atoms with Crippen molar-refractivity contribution >= 4 is 6.09 Å². The Hall–Kier alpha value is -1.69. The summed E-state index contributed by atoms with van der Waals surface area (Å²) >= 11 is 0. The molecule has 1 aromatic heterocycles. The van der Waals surface area contributed by atoms with Gasteiger partial charge in [0.2, 0.25) is 0 Å². The zero-order valence-corrected chi connectivity index (χ0v) is 6.77. The number of rotatable bonds is 1. The van der Waals surface area contributed by atoms with Gasteiger partial charge in [0, 0.05) is 18.3 Å². The van der Waals surface area contributed by atoms with E-state index in [2.05, 4.69) is 15.4 Å². The highest BCUT2D eigenvalue weighted by molar-refractivity contribution is 5.63. The third-order valence-electron chi connectivity index (χ3n) is 1.84. The van der Waals surface area contributed by atoms with Crippen LogP contribution >= 0.6 is 0 Å². The van der Waals surface area contributed by atoms with Crippen molar-refractivity contribution in [2.45, 2.75) is 13.1 Å². The first-order valence-corrected chi connectivity index (χ1v) is 3.78. The fraction of sp³-hybridized carbons (Fsp3) is 0.286. The van der Waals surface area contributed by atoms with E-state index in [1.807, 2.05) is 0 Å². The van der Waals surface area contributed by atoms with Crippen LogP contribution in [0.25, 0.3) is 0 Å². The fourth-order valence-electron chi connectivity index (χ4n) is 1.31. The van der Waals surface area contributed by atoms with Gasteiger partial charge in [-0.3, -0.25) is 5.43 Å². The molecule has 0 radical (unpaired) electrons. The van der Waals surface area contributed by atoms with Crippen LogP contribution in [-0.2, 0) is 13.1 Å². The number of carbonyl (C=O) groups is 1. The third kappa shape index (κ3) is 1.57. The van der Waals surface area contributed by atoms with Gasteiger partial charge < -0.3 is 5.11 Å². The lowest BCUT2D eigenvalue weighted by Crippen LogP contribution is -2.37. The summed E-state index contributed by atoms with van der Waals surface area (Å²) in [6.07, 6.45) is 2.11. The van der Waals surface area contributed by atoms with E-state index in [4.69, 9.17) is 5.11 Å². The molecule has 13 heavy (non-hydrogen) atoms. The quantitative estimate of drug-likeness (QED) is 0.634. The average molecular weight is 180 g/mol. The summed E-state index contributed by atoms with van der Waals surface area (Å²) in [5.74, 6) is 0. The van der Waals surface area contributed by atoms with Gasteiger partial charge in [-0.1, -0.05) is 0 Å². The molecule has 1 aliphatic heterocycles. The molecule has 6 nitrogen and oxygen atoms in total. The molecule has 68 valence electrons. The van der Waals surface area contributed by atoms with E-state index in [9.17, 15) is 4.79 Å². The van der Waals surface area contributed by atoms with Crippen LogP contribution in [0.2, 0.25) is 0 Å². The van der Waals surface area contributed by atoms with E-state index in [0.29, 0.717) is 13.1 Å². The Morgan fingerprint density at radius 1 is 1.62 bits per heavy atom. The van der Waals surface area contributed by atoms with E-state index in [1.54, 1.807) is 11.2 Å². The van der Waals surface area contributed by atoms with Gasteiger partial charge in [-0.25, -0.2) is 19.8 Å². The van der Waals surface area contributed by atoms with Gasteiger partial charge in [-0.05, 0) is 0 Å². The second kappa shape index (κ2) is 2.98. The van der Waals surface area contributed by atoms with Crippen LogP contribution in [-0.4, -0.2) is 26.2 Å². The lowest BCUT2D eigenvalue weighted by Gasteiger charge is -2.12. The molecule has 0 atom stereocenters. The Morgan fingerprint density at radius 3 is 3.15 bits per heavy atom. The number of hydrazine groups is 1. The topological polar surface area (TPSA) is 78.4 Å². The molecule has 0 bridgehead atoms. The van der Waals surface area contributed by atoms with Crippen molar-refractivity contribution in [3.05, 3.63) is 23.8 Å². The summed E-state index contributed by atoms with van der Waals surface area (Å²) in [7, 11) is 0. The van der Waals surface area contributed by atoms with Crippen molar-refractivity contribution in [3.8, 4) is 0 Å². The van der Waals surface area contributed by atoms with E-state index in [0.717, 1.165) is 11.3 Å². The minimum Gasteiger partial charge on any atom is -0.464 e. The van der Waals surface area contributed by atoms with Gasteiger partial charge >= 0.3 is 6.09 Å². The number of amides is 1. The number of hydrogen-bond donors (Lipinski definition) is 2. The molecule has 2 rings (SSSR count). The van der Waals surface area contributed by atoms with E-state index >= 15 is 0 Å². The molecule has 0 saturated heterocycles. The van der Waals surface area contributed by atoms with Crippen LogP contribution in [0.15, 0.2) is 12.5 Å². The highest BCUT2D eigenvalue weighted by Gasteiger charge is 2.20. The molecule has 0 aliphatic carbocycles. The van der Waals surface area contributed by atoms with Crippen molar-refractivity contribution in [3.63, 3.8) is 0 Å². The van der Waals surface area contributed by atoms with Crippen LogP contribution in [0.5, 0.6) is 0 Å². The van der Waals surface area contributed by atoms with E-state index < -0.39 is 6.09 Å². The van der Waals surface area contributed by atoms with Crippen LogP contribution in [0.3, 0.4) is 0 Å². The molecule has 1 aromatic rings. The standard InChI is InChI=1S/C7H8N4O2/c12-7(13)10-11-2-5-1-8-4-9-6(5)3-11/h1,4,10H,2-3H2,(H,12,13). The van der Waals surface area contributed by atoms with Gasteiger partial charge in [0.25, 0.3) is 0 Å². The van der Waals surface area contributed by atoms with Gasteiger partial charge in [-0.2, -0.15) is 0 Å². The first-order valence-electron chi connectivity index (χ1n) is 3.78. The second-order valence-corrected chi connectivity index (χ2v) is 2.77. The van der Waals surface area contributed by atoms with Gasteiger partial charge in [0.05, 0.1) is 12.2 Å². The summed E-state index contributed by atoms with van der Waals surface area (Å²) in [6, 6.07) is 0. The molecular formula is C7H8N4O2.